The van der Waals surface area contributed by atoms with Crippen molar-refractivity contribution in [2.45, 2.75) is 51.9 Å². The van der Waals surface area contributed by atoms with Gasteiger partial charge in [0, 0.05) is 18.7 Å². The highest BCUT2D eigenvalue weighted by Gasteiger charge is 2.22. The number of rotatable bonds is 7. The zero-order valence-corrected chi connectivity index (χ0v) is 16.7. The van der Waals surface area contributed by atoms with E-state index in [1.165, 1.54) is 23.0 Å². The fourth-order valence-corrected chi connectivity index (χ4v) is 4.02. The number of nitrogens with one attached hydrogen (secondary N) is 1. The second kappa shape index (κ2) is 8.16. The van der Waals surface area contributed by atoms with Gasteiger partial charge in [-0.05, 0) is 31.4 Å². The highest BCUT2D eigenvalue weighted by Crippen LogP contribution is 2.28. The van der Waals surface area contributed by atoms with Crippen molar-refractivity contribution in [1.82, 2.24) is 14.9 Å². The van der Waals surface area contributed by atoms with Crippen molar-refractivity contribution in [3.63, 3.8) is 0 Å². The minimum atomic E-state index is 0.0176. The summed E-state index contributed by atoms with van der Waals surface area (Å²) in [6, 6.07) is 8.04. The molecule has 140 valence electrons. The molecule has 0 aliphatic carbocycles. The quantitative estimate of drug-likeness (QED) is 0.756. The number of amides is 1. The molecular formula is C20H27N3O2S. The highest BCUT2D eigenvalue weighted by molar-refractivity contribution is 7.99. The third kappa shape index (κ3) is 4.41. The van der Waals surface area contributed by atoms with Crippen LogP contribution in [0.3, 0.4) is 0 Å². The Labute approximate surface area is 159 Å². The Balaban J connectivity index is 1.49. The van der Waals surface area contributed by atoms with Crippen molar-refractivity contribution in [3.05, 3.63) is 41.2 Å². The lowest BCUT2D eigenvalue weighted by atomic mass is 10.1. The lowest BCUT2D eigenvalue weighted by molar-refractivity contribution is -0.118. The molecule has 1 aliphatic rings. The first-order chi connectivity index (χ1) is 12.4. The summed E-state index contributed by atoms with van der Waals surface area (Å²) in [5.74, 6) is 1.86. The van der Waals surface area contributed by atoms with Gasteiger partial charge in [-0.25, -0.2) is 4.98 Å². The molecule has 1 atom stereocenters. The molecule has 1 aliphatic heterocycles. The van der Waals surface area contributed by atoms with Gasteiger partial charge in [0.2, 0.25) is 5.91 Å². The van der Waals surface area contributed by atoms with Crippen LogP contribution in [0.25, 0.3) is 0 Å². The number of para-hydroxylation sites is 1. The van der Waals surface area contributed by atoms with E-state index in [0.717, 1.165) is 29.6 Å². The van der Waals surface area contributed by atoms with Gasteiger partial charge in [-0.2, -0.15) is 0 Å². The smallest absolute Gasteiger partial charge is 0.230 e. The van der Waals surface area contributed by atoms with Crippen LogP contribution in [0.4, 0.5) is 0 Å². The first kappa shape index (κ1) is 18.8. The molecule has 0 saturated heterocycles. The van der Waals surface area contributed by atoms with E-state index in [2.05, 4.69) is 41.7 Å². The summed E-state index contributed by atoms with van der Waals surface area (Å²) >= 11 is 1.50. The lowest BCUT2D eigenvalue weighted by Gasteiger charge is -2.13. The maximum absolute atomic E-state index is 12.2. The van der Waals surface area contributed by atoms with Crippen molar-refractivity contribution in [2.75, 3.05) is 12.3 Å². The number of aromatic nitrogens is 2. The molecule has 5 nitrogen and oxygen atoms in total. The predicted molar refractivity (Wildman–Crippen MR) is 105 cm³/mol. The van der Waals surface area contributed by atoms with Gasteiger partial charge in [0.15, 0.2) is 5.16 Å². The number of hydrogen-bond donors (Lipinski definition) is 1. The van der Waals surface area contributed by atoms with E-state index in [1.54, 1.807) is 0 Å². The average Bonchev–Trinajstić information content (AvgIpc) is 3.13. The second-order valence-corrected chi connectivity index (χ2v) is 8.16. The Hall–Kier alpha value is -1.95. The molecule has 0 bridgehead atoms. The Bertz CT molecular complexity index is 760. The number of hydrogen-bond acceptors (Lipinski definition) is 4. The number of imidazole rings is 1. The molecule has 1 aromatic heterocycles. The van der Waals surface area contributed by atoms with Crippen LogP contribution in [0.5, 0.6) is 5.75 Å². The number of aryl methyl sites for hydroxylation is 1. The first-order valence-corrected chi connectivity index (χ1v) is 10.1. The largest absolute Gasteiger partial charge is 0.488 e. The Kier molecular flexibility index (Phi) is 5.91. The van der Waals surface area contributed by atoms with Crippen LogP contribution in [-0.4, -0.2) is 33.9 Å². The van der Waals surface area contributed by atoms with Crippen molar-refractivity contribution in [3.8, 4) is 5.75 Å². The topological polar surface area (TPSA) is 56.1 Å². The summed E-state index contributed by atoms with van der Waals surface area (Å²) in [4.78, 5) is 16.9. The van der Waals surface area contributed by atoms with Crippen molar-refractivity contribution in [2.24, 2.45) is 5.92 Å². The Morgan fingerprint density at radius 3 is 2.88 bits per heavy atom. The Morgan fingerprint density at radius 2 is 2.15 bits per heavy atom. The first-order valence-electron chi connectivity index (χ1n) is 9.11. The third-order valence-corrected chi connectivity index (χ3v) is 5.52. The summed E-state index contributed by atoms with van der Waals surface area (Å²) in [6.45, 7) is 9.94. The van der Waals surface area contributed by atoms with E-state index in [9.17, 15) is 4.79 Å². The van der Waals surface area contributed by atoms with Gasteiger partial charge < -0.3 is 14.6 Å². The molecule has 0 fully saturated rings. The van der Waals surface area contributed by atoms with E-state index in [1.807, 2.05) is 25.1 Å². The zero-order chi connectivity index (χ0) is 18.7. The fourth-order valence-electron chi connectivity index (χ4n) is 3.09. The summed E-state index contributed by atoms with van der Waals surface area (Å²) in [6.07, 6.45) is 0.870. The summed E-state index contributed by atoms with van der Waals surface area (Å²) < 4.78 is 8.08. The maximum atomic E-state index is 12.2. The zero-order valence-electron chi connectivity index (χ0n) is 15.9. The highest BCUT2D eigenvalue weighted by atomic mass is 32.2. The van der Waals surface area contributed by atoms with Crippen LogP contribution >= 0.6 is 11.8 Å². The van der Waals surface area contributed by atoms with E-state index in [4.69, 9.17) is 4.74 Å². The van der Waals surface area contributed by atoms with Crippen molar-refractivity contribution in [1.29, 1.82) is 0 Å². The SMILES string of the molecule is Cc1nc(SCC(=O)NCC2Cc3ccccc3O2)n(CC(C)C)c1C. The van der Waals surface area contributed by atoms with Gasteiger partial charge >= 0.3 is 0 Å². The summed E-state index contributed by atoms with van der Waals surface area (Å²) in [5, 5.41) is 3.91. The summed E-state index contributed by atoms with van der Waals surface area (Å²) in [5.41, 5.74) is 3.42. The summed E-state index contributed by atoms with van der Waals surface area (Å²) in [7, 11) is 0. The minimum Gasteiger partial charge on any atom is -0.488 e. The van der Waals surface area contributed by atoms with Crippen LogP contribution < -0.4 is 10.1 Å². The molecule has 1 aromatic carbocycles. The number of ether oxygens (including phenoxy) is 1. The van der Waals surface area contributed by atoms with E-state index in [-0.39, 0.29) is 12.0 Å². The molecular weight excluding hydrogens is 346 g/mol. The molecule has 2 aromatic rings. The second-order valence-electron chi connectivity index (χ2n) is 7.21. The van der Waals surface area contributed by atoms with Gasteiger partial charge in [-0.3, -0.25) is 4.79 Å². The van der Waals surface area contributed by atoms with Crippen LogP contribution in [0.15, 0.2) is 29.4 Å². The lowest BCUT2D eigenvalue weighted by Crippen LogP contribution is -2.35. The van der Waals surface area contributed by atoms with Crippen LogP contribution in [-0.2, 0) is 17.8 Å². The Morgan fingerprint density at radius 1 is 1.38 bits per heavy atom. The van der Waals surface area contributed by atoms with Crippen LogP contribution in [0, 0.1) is 19.8 Å². The van der Waals surface area contributed by atoms with Crippen LogP contribution in [0.1, 0.15) is 30.8 Å². The monoisotopic (exact) mass is 373 g/mol. The molecule has 1 amide bonds. The average molecular weight is 374 g/mol. The van der Waals surface area contributed by atoms with Gasteiger partial charge in [0.25, 0.3) is 0 Å². The number of carbonyl (C=O) groups excluding carboxylic acids is 1. The molecule has 1 N–H and O–H groups in total. The molecule has 6 heteroatoms. The molecule has 0 saturated carbocycles. The van der Waals surface area contributed by atoms with E-state index >= 15 is 0 Å². The standard InChI is InChI=1S/C20H27N3O2S/c1-13(2)11-23-15(4)14(3)22-20(23)26-12-19(24)21-10-17-9-16-7-5-6-8-18(16)25-17/h5-8,13,17H,9-12H2,1-4H3,(H,21,24). The molecule has 1 unspecified atom stereocenters. The molecule has 3 rings (SSSR count). The fraction of sp³-hybridized carbons (Fsp3) is 0.500. The number of carbonyl (C=O) groups is 1. The molecule has 2 heterocycles. The normalized spacial score (nSPS) is 15.8. The van der Waals surface area contributed by atoms with E-state index < -0.39 is 0 Å². The minimum absolute atomic E-state index is 0.0176. The van der Waals surface area contributed by atoms with Crippen molar-refractivity contribution >= 4 is 17.7 Å². The van der Waals surface area contributed by atoms with E-state index in [0.29, 0.717) is 18.2 Å². The number of thioether (sulfide) groups is 1. The predicted octanol–water partition coefficient (Wildman–Crippen LogP) is 3.37. The number of nitrogens with zero attached hydrogens (tertiary/aromatic N) is 2. The van der Waals surface area contributed by atoms with Gasteiger partial charge in [-0.1, -0.05) is 43.8 Å². The van der Waals surface area contributed by atoms with Gasteiger partial charge in [0.1, 0.15) is 11.9 Å². The van der Waals surface area contributed by atoms with Gasteiger partial charge in [0.05, 0.1) is 18.0 Å². The maximum Gasteiger partial charge on any atom is 0.230 e. The molecule has 0 spiro atoms. The number of benzene rings is 1. The van der Waals surface area contributed by atoms with Crippen LogP contribution in [0.2, 0.25) is 0 Å². The van der Waals surface area contributed by atoms with Gasteiger partial charge in [-0.15, -0.1) is 0 Å². The van der Waals surface area contributed by atoms with Crippen molar-refractivity contribution < 1.29 is 9.53 Å². The molecule has 26 heavy (non-hydrogen) atoms. The third-order valence-electron chi connectivity index (χ3n) is 4.54. The molecule has 0 radical (unpaired) electrons. The number of fused-ring (bicyclic) bond motifs is 1.